The highest BCUT2D eigenvalue weighted by Gasteiger charge is 2.49. The van der Waals surface area contributed by atoms with E-state index < -0.39 is 37.5 Å². The lowest BCUT2D eigenvalue weighted by molar-refractivity contribution is -0.211. The molecule has 2 atom stereocenters. The summed E-state index contributed by atoms with van der Waals surface area (Å²) in [4.78, 5) is 11.1. The third-order valence-corrected chi connectivity index (χ3v) is 3.03. The first kappa shape index (κ1) is 17.6. The molecule has 0 saturated heterocycles. The molecule has 1 rings (SSSR count). The molecule has 21 heavy (non-hydrogen) atoms. The molecular weight excluding hydrogens is 281 g/mol. The normalized spacial score (nSPS) is 15.5. The standard InChI is InChI=1S/C12H18BNO7/c14-9(6-8-4-2-1-3-5-8)13(20)21-12(7-15,10(16)17)11(18)19/h1-5,9-10,15-17,20H,6-7,14H2,(H,18,19)/t9?,12-/m1/s1. The van der Waals surface area contributed by atoms with E-state index in [1.54, 1.807) is 30.3 Å². The Morgan fingerprint density at radius 1 is 1.33 bits per heavy atom. The first-order chi connectivity index (χ1) is 9.83. The van der Waals surface area contributed by atoms with Crippen LogP contribution in [0, 0.1) is 0 Å². The molecule has 0 saturated carbocycles. The Bertz CT molecular complexity index is 458. The van der Waals surface area contributed by atoms with Crippen LogP contribution < -0.4 is 5.73 Å². The Labute approximate surface area is 121 Å². The predicted octanol–water partition coefficient (Wildman–Crippen LogP) is -2.28. The molecule has 1 aromatic carbocycles. The molecule has 0 radical (unpaired) electrons. The topological polar surface area (TPSA) is 153 Å². The molecule has 7 N–H and O–H groups in total. The van der Waals surface area contributed by atoms with Crippen LogP contribution in [0.3, 0.4) is 0 Å². The summed E-state index contributed by atoms with van der Waals surface area (Å²) in [5.74, 6) is -2.85. The van der Waals surface area contributed by atoms with Gasteiger partial charge in [0.1, 0.15) is 0 Å². The van der Waals surface area contributed by atoms with Crippen molar-refractivity contribution in [2.75, 3.05) is 6.61 Å². The number of carboxylic acids is 1. The first-order valence-electron chi connectivity index (χ1n) is 6.19. The van der Waals surface area contributed by atoms with Gasteiger partial charge < -0.3 is 35.8 Å². The molecule has 0 fully saturated rings. The summed E-state index contributed by atoms with van der Waals surface area (Å²) < 4.78 is 4.73. The smallest absolute Gasteiger partial charge is 0.473 e. The van der Waals surface area contributed by atoms with Gasteiger partial charge in [-0.15, -0.1) is 0 Å². The van der Waals surface area contributed by atoms with Gasteiger partial charge in [-0.05, 0) is 12.0 Å². The zero-order valence-corrected chi connectivity index (χ0v) is 11.2. The number of carboxylic acid groups (broad SMARTS) is 1. The van der Waals surface area contributed by atoms with Crippen LogP contribution in [-0.2, 0) is 15.9 Å². The second kappa shape index (κ2) is 7.50. The average molecular weight is 299 g/mol. The van der Waals surface area contributed by atoms with Crippen LogP contribution in [0.25, 0.3) is 0 Å². The molecule has 8 nitrogen and oxygen atoms in total. The lowest BCUT2D eigenvalue weighted by atomic mass is 9.75. The van der Waals surface area contributed by atoms with Gasteiger partial charge in [0.05, 0.1) is 6.61 Å². The van der Waals surface area contributed by atoms with Crippen molar-refractivity contribution in [2.24, 2.45) is 5.73 Å². The largest absolute Gasteiger partial charge is 0.479 e. The third-order valence-electron chi connectivity index (χ3n) is 3.03. The molecule has 116 valence electrons. The Balaban J connectivity index is 2.77. The highest BCUT2D eigenvalue weighted by Crippen LogP contribution is 2.17. The number of aliphatic hydroxyl groups excluding tert-OH is 2. The molecule has 0 aliphatic carbocycles. The van der Waals surface area contributed by atoms with Crippen molar-refractivity contribution in [2.45, 2.75) is 24.3 Å². The fraction of sp³-hybridized carbons (Fsp3) is 0.417. The van der Waals surface area contributed by atoms with Crippen molar-refractivity contribution in [3.8, 4) is 0 Å². The van der Waals surface area contributed by atoms with E-state index in [1.807, 2.05) is 0 Å². The lowest BCUT2D eigenvalue weighted by Crippen LogP contribution is -2.60. The number of hydrogen-bond donors (Lipinski definition) is 6. The molecular formula is C12H18BNO7. The number of benzene rings is 1. The molecule has 0 aromatic heterocycles. The molecule has 1 aromatic rings. The second-order valence-electron chi connectivity index (χ2n) is 4.59. The average Bonchev–Trinajstić information content (AvgIpc) is 2.44. The SMILES string of the molecule is NC(Cc1ccccc1)B(O)O[C@@](CO)(C(=O)O)C(O)O. The van der Waals surface area contributed by atoms with Crippen molar-refractivity contribution in [3.63, 3.8) is 0 Å². The van der Waals surface area contributed by atoms with Gasteiger partial charge in [-0.25, -0.2) is 4.79 Å². The van der Waals surface area contributed by atoms with Crippen LogP contribution in [-0.4, -0.2) is 63.0 Å². The van der Waals surface area contributed by atoms with Crippen LogP contribution >= 0.6 is 0 Å². The first-order valence-corrected chi connectivity index (χ1v) is 6.19. The Hall–Kier alpha value is -1.49. The predicted molar refractivity (Wildman–Crippen MR) is 72.9 cm³/mol. The summed E-state index contributed by atoms with van der Waals surface area (Å²) in [6, 6.07) is 8.84. The summed E-state index contributed by atoms with van der Waals surface area (Å²) in [5.41, 5.74) is 3.72. The minimum atomic E-state index is -2.76. The highest BCUT2D eigenvalue weighted by molar-refractivity contribution is 6.45. The molecule has 0 bridgehead atoms. The van der Waals surface area contributed by atoms with E-state index in [0.717, 1.165) is 5.56 Å². The minimum absolute atomic E-state index is 0.171. The van der Waals surface area contributed by atoms with Crippen molar-refractivity contribution in [3.05, 3.63) is 35.9 Å². The maximum atomic E-state index is 11.1. The zero-order valence-electron chi connectivity index (χ0n) is 11.2. The van der Waals surface area contributed by atoms with E-state index in [2.05, 4.69) is 0 Å². The fourth-order valence-corrected chi connectivity index (χ4v) is 1.70. The van der Waals surface area contributed by atoms with E-state index in [1.165, 1.54) is 0 Å². The van der Waals surface area contributed by atoms with Crippen LogP contribution in [0.5, 0.6) is 0 Å². The summed E-state index contributed by atoms with van der Waals surface area (Å²) in [6.07, 6.45) is -2.36. The molecule has 0 aliphatic rings. The number of rotatable bonds is 8. The summed E-state index contributed by atoms with van der Waals surface area (Å²) >= 11 is 0. The third kappa shape index (κ3) is 4.24. The maximum Gasteiger partial charge on any atom is 0.473 e. The Morgan fingerprint density at radius 3 is 2.33 bits per heavy atom. The van der Waals surface area contributed by atoms with Gasteiger partial charge in [-0.3, -0.25) is 0 Å². The monoisotopic (exact) mass is 299 g/mol. The molecule has 1 unspecified atom stereocenters. The Morgan fingerprint density at radius 2 is 1.90 bits per heavy atom. The summed E-state index contributed by atoms with van der Waals surface area (Å²) in [6.45, 7) is -1.24. The van der Waals surface area contributed by atoms with Gasteiger partial charge in [0, 0.05) is 5.94 Å². The molecule has 9 heteroatoms. The molecule has 0 amide bonds. The van der Waals surface area contributed by atoms with Crippen molar-refractivity contribution >= 4 is 13.1 Å². The molecule has 0 spiro atoms. The maximum absolute atomic E-state index is 11.1. The minimum Gasteiger partial charge on any atom is -0.479 e. The number of nitrogens with two attached hydrogens (primary N) is 1. The van der Waals surface area contributed by atoms with Gasteiger partial charge in [-0.2, -0.15) is 0 Å². The van der Waals surface area contributed by atoms with Gasteiger partial charge in [0.2, 0.25) is 5.60 Å². The van der Waals surface area contributed by atoms with Crippen LogP contribution in [0.15, 0.2) is 30.3 Å². The number of aliphatic carboxylic acids is 1. The van der Waals surface area contributed by atoms with Crippen LogP contribution in [0.1, 0.15) is 5.56 Å². The fourth-order valence-electron chi connectivity index (χ4n) is 1.70. The van der Waals surface area contributed by atoms with E-state index in [4.69, 9.17) is 30.8 Å². The van der Waals surface area contributed by atoms with E-state index in [-0.39, 0.29) is 6.42 Å². The van der Waals surface area contributed by atoms with E-state index in [0.29, 0.717) is 0 Å². The van der Waals surface area contributed by atoms with Gasteiger partial charge in [0.15, 0.2) is 6.29 Å². The summed E-state index contributed by atoms with van der Waals surface area (Å²) in [7, 11) is -1.81. The Kier molecular flexibility index (Phi) is 6.28. The van der Waals surface area contributed by atoms with E-state index >= 15 is 0 Å². The zero-order chi connectivity index (χ0) is 16.0. The molecule has 0 heterocycles. The van der Waals surface area contributed by atoms with Crippen molar-refractivity contribution < 1.29 is 34.9 Å². The van der Waals surface area contributed by atoms with Crippen LogP contribution in [0.4, 0.5) is 0 Å². The summed E-state index contributed by atoms with van der Waals surface area (Å²) in [5, 5.41) is 46.0. The molecule has 0 aliphatic heterocycles. The van der Waals surface area contributed by atoms with Gasteiger partial charge in [0.25, 0.3) is 0 Å². The van der Waals surface area contributed by atoms with Crippen molar-refractivity contribution in [1.29, 1.82) is 0 Å². The lowest BCUT2D eigenvalue weighted by Gasteiger charge is -2.31. The van der Waals surface area contributed by atoms with Crippen LogP contribution in [0.2, 0.25) is 0 Å². The quantitative estimate of drug-likeness (QED) is 0.232. The second-order valence-corrected chi connectivity index (χ2v) is 4.59. The van der Waals surface area contributed by atoms with Gasteiger partial charge >= 0.3 is 13.1 Å². The van der Waals surface area contributed by atoms with E-state index in [9.17, 15) is 9.82 Å². The van der Waals surface area contributed by atoms with Crippen molar-refractivity contribution in [1.82, 2.24) is 0 Å². The number of hydrogen-bond acceptors (Lipinski definition) is 7. The number of carbonyl (C=O) groups is 1. The number of aliphatic hydroxyl groups is 3. The highest BCUT2D eigenvalue weighted by atomic mass is 16.6. The van der Waals surface area contributed by atoms with Gasteiger partial charge in [-0.1, -0.05) is 30.3 Å².